The third-order valence-electron chi connectivity index (χ3n) is 10.6. The largest absolute Gasteiger partial charge is 0.494 e. The number of piperidine rings is 2. The third kappa shape index (κ3) is 9.77. The quantitative estimate of drug-likeness (QED) is 0.0805. The molecule has 0 aliphatic carbocycles. The van der Waals surface area contributed by atoms with Crippen LogP contribution in [0.25, 0.3) is 5.69 Å². The molecule has 2 aliphatic rings. The van der Waals surface area contributed by atoms with Crippen molar-refractivity contribution in [2.24, 2.45) is 0 Å². The molecule has 0 bridgehead atoms. The summed E-state index contributed by atoms with van der Waals surface area (Å²) in [5.41, 5.74) is 3.10. The van der Waals surface area contributed by atoms with Crippen LogP contribution in [-0.2, 0) is 13.1 Å². The normalized spacial score (nSPS) is 15.6. The number of halogens is 1. The highest BCUT2D eigenvalue weighted by molar-refractivity contribution is 6.32. The lowest BCUT2D eigenvalue weighted by atomic mass is 10.0. The van der Waals surface area contributed by atoms with Gasteiger partial charge in [0.25, 0.3) is 0 Å². The topological polar surface area (TPSA) is 106 Å². The van der Waals surface area contributed by atoms with Gasteiger partial charge in [-0.25, -0.2) is 30.0 Å². The summed E-state index contributed by atoms with van der Waals surface area (Å²) in [6.45, 7) is 15.2. The van der Waals surface area contributed by atoms with Crippen molar-refractivity contribution in [3.63, 3.8) is 0 Å². The van der Waals surface area contributed by atoms with Gasteiger partial charge in [-0.05, 0) is 107 Å². The minimum Gasteiger partial charge on any atom is -0.494 e. The van der Waals surface area contributed by atoms with Gasteiger partial charge in [0, 0.05) is 82.5 Å². The van der Waals surface area contributed by atoms with Crippen molar-refractivity contribution in [3.05, 3.63) is 102 Å². The molecule has 0 saturated carbocycles. The van der Waals surface area contributed by atoms with Crippen LogP contribution in [0.5, 0.6) is 23.0 Å². The minimum atomic E-state index is 0.123. The molecule has 0 N–H and O–H groups in total. The van der Waals surface area contributed by atoms with Gasteiger partial charge in [-0.2, -0.15) is 0 Å². The Bertz CT molecular complexity index is 1980. The van der Waals surface area contributed by atoms with Crippen LogP contribution in [0.1, 0.15) is 64.5 Å². The highest BCUT2D eigenvalue weighted by Gasteiger charge is 2.37. The molecule has 0 unspecified atom stereocenters. The molecule has 2 fully saturated rings. The Morgan fingerprint density at radius 1 is 0.586 bits per heavy atom. The average molecular weight is 810 g/mol. The molecule has 308 valence electrons. The molecule has 0 radical (unpaired) electrons. The van der Waals surface area contributed by atoms with Crippen molar-refractivity contribution in [2.75, 3.05) is 62.6 Å². The maximum Gasteiger partial charge on any atom is 0.244 e. The first-order valence-corrected chi connectivity index (χ1v) is 21.1. The number of hydrogen-bond donors (Lipinski definition) is 0. The molecular formula is C44H56ClN9O4. The van der Waals surface area contributed by atoms with Crippen LogP contribution < -0.4 is 29.0 Å². The molecular weight excluding hydrogens is 754 g/mol. The van der Waals surface area contributed by atoms with Gasteiger partial charge in [0.05, 0.1) is 43.5 Å². The fourth-order valence-corrected chi connectivity index (χ4v) is 8.31. The molecule has 0 amide bonds. The summed E-state index contributed by atoms with van der Waals surface area (Å²) >= 11 is 6.89. The van der Waals surface area contributed by atoms with E-state index in [0.29, 0.717) is 55.6 Å². The number of anilines is 2. The van der Waals surface area contributed by atoms with Crippen molar-refractivity contribution in [1.29, 1.82) is 0 Å². The summed E-state index contributed by atoms with van der Waals surface area (Å²) in [7, 11) is 0. The van der Waals surface area contributed by atoms with Crippen LogP contribution in [0.4, 0.5) is 11.9 Å². The molecule has 0 atom stereocenters. The van der Waals surface area contributed by atoms with E-state index in [1.165, 1.54) is 0 Å². The minimum absolute atomic E-state index is 0.123. The molecule has 3 aromatic heterocycles. The Balaban J connectivity index is 1.09. The maximum atomic E-state index is 6.89. The first-order chi connectivity index (χ1) is 28.5. The van der Waals surface area contributed by atoms with E-state index in [0.717, 1.165) is 92.5 Å². The van der Waals surface area contributed by atoms with Crippen LogP contribution >= 0.6 is 11.6 Å². The number of benzene rings is 2. The number of hydrazine groups is 1. The van der Waals surface area contributed by atoms with Gasteiger partial charge in [-0.3, -0.25) is 9.80 Å². The Kier molecular flexibility index (Phi) is 14.2. The SMILES string of the molecule is CCOc1cc(CN2CCC(N(c3ncccn3)N(c3ncccn3)C3CCN(Cc4cc(OCC)c(-n5cccc5)c(OCC)c4)CC3)CC2)c(Cl)c(OCC)c1. The van der Waals surface area contributed by atoms with Gasteiger partial charge in [0.15, 0.2) is 0 Å². The van der Waals surface area contributed by atoms with E-state index in [4.69, 9.17) is 50.5 Å². The summed E-state index contributed by atoms with van der Waals surface area (Å²) in [6.07, 6.45) is 14.9. The maximum absolute atomic E-state index is 6.89. The Morgan fingerprint density at radius 2 is 1.05 bits per heavy atom. The number of ether oxygens (including phenoxy) is 4. The number of nitrogens with zero attached hydrogens (tertiary/aromatic N) is 9. The Labute approximate surface area is 347 Å². The molecule has 2 saturated heterocycles. The van der Waals surface area contributed by atoms with E-state index in [2.05, 4.69) is 36.5 Å². The second-order valence-corrected chi connectivity index (χ2v) is 14.8. The van der Waals surface area contributed by atoms with Gasteiger partial charge < -0.3 is 23.5 Å². The summed E-state index contributed by atoms with van der Waals surface area (Å²) in [6, 6.07) is 16.3. The van der Waals surface area contributed by atoms with E-state index in [-0.39, 0.29) is 12.1 Å². The number of likely N-dealkylation sites (tertiary alicyclic amines) is 2. The monoisotopic (exact) mass is 809 g/mol. The van der Waals surface area contributed by atoms with Crippen molar-refractivity contribution < 1.29 is 18.9 Å². The standard InChI is InChI=1S/C44H56ClN9O4/c1-5-55-37-29-34(41(45)38(30-37)56-6-2)32-51-25-15-36(16-26-51)54(44-48-19-12-20-49-44)53(43-46-17-11-18-47-43)35-13-23-50(24-14-35)31-33-27-39(57-7-3)42(40(28-33)58-8-4)52-21-9-10-22-52/h9-12,17-22,27-30,35-36H,5-8,13-16,23-26,31-32H2,1-4H3. The van der Waals surface area contributed by atoms with Crippen LogP contribution in [0, 0.1) is 0 Å². The molecule has 0 spiro atoms. The predicted molar refractivity (Wildman–Crippen MR) is 228 cm³/mol. The van der Waals surface area contributed by atoms with Crippen LogP contribution in [0.2, 0.25) is 5.02 Å². The highest BCUT2D eigenvalue weighted by atomic mass is 35.5. The van der Waals surface area contributed by atoms with Crippen LogP contribution in [0.3, 0.4) is 0 Å². The smallest absolute Gasteiger partial charge is 0.244 e. The summed E-state index contributed by atoms with van der Waals surface area (Å²) < 4.78 is 26.2. The molecule has 14 heteroatoms. The predicted octanol–water partition coefficient (Wildman–Crippen LogP) is 7.86. The Morgan fingerprint density at radius 3 is 1.53 bits per heavy atom. The molecule has 2 aliphatic heterocycles. The number of aromatic nitrogens is 5. The lowest BCUT2D eigenvalue weighted by molar-refractivity contribution is 0.182. The van der Waals surface area contributed by atoms with E-state index >= 15 is 0 Å². The second kappa shape index (κ2) is 20.0. The molecule has 7 rings (SSSR count). The van der Waals surface area contributed by atoms with Gasteiger partial charge in [-0.1, -0.05) is 11.6 Å². The highest BCUT2D eigenvalue weighted by Crippen LogP contribution is 2.38. The first-order valence-electron chi connectivity index (χ1n) is 20.7. The third-order valence-corrected chi connectivity index (χ3v) is 11.0. The molecule has 5 heterocycles. The van der Waals surface area contributed by atoms with Gasteiger partial charge in [-0.15, -0.1) is 0 Å². The fourth-order valence-electron chi connectivity index (χ4n) is 8.08. The van der Waals surface area contributed by atoms with Gasteiger partial charge in [0.1, 0.15) is 28.7 Å². The van der Waals surface area contributed by atoms with Crippen LogP contribution in [0.15, 0.2) is 85.7 Å². The fraction of sp³-hybridized carbons (Fsp3) is 0.455. The zero-order valence-electron chi connectivity index (χ0n) is 34.2. The van der Waals surface area contributed by atoms with Gasteiger partial charge in [0.2, 0.25) is 11.9 Å². The van der Waals surface area contributed by atoms with Crippen molar-refractivity contribution in [3.8, 4) is 28.7 Å². The number of hydrogen-bond acceptors (Lipinski definition) is 12. The van der Waals surface area contributed by atoms with E-state index < -0.39 is 0 Å². The Hall–Kier alpha value is -5.11. The average Bonchev–Trinajstić information content (AvgIpc) is 3.78. The summed E-state index contributed by atoms with van der Waals surface area (Å²) in [4.78, 5) is 24.2. The van der Waals surface area contributed by atoms with Crippen molar-refractivity contribution in [1.82, 2.24) is 34.3 Å². The second-order valence-electron chi connectivity index (χ2n) is 14.5. The van der Waals surface area contributed by atoms with E-state index in [9.17, 15) is 0 Å². The molecule has 13 nitrogen and oxygen atoms in total. The summed E-state index contributed by atoms with van der Waals surface area (Å²) in [5.74, 6) is 4.39. The summed E-state index contributed by atoms with van der Waals surface area (Å²) in [5, 5.41) is 5.21. The van der Waals surface area contributed by atoms with Crippen molar-refractivity contribution >= 4 is 23.5 Å². The zero-order chi connectivity index (χ0) is 40.3. The zero-order valence-corrected chi connectivity index (χ0v) is 34.9. The number of rotatable bonds is 18. The lowest BCUT2D eigenvalue weighted by Gasteiger charge is -2.48. The molecule has 5 aromatic rings. The first kappa shape index (κ1) is 41.1. The van der Waals surface area contributed by atoms with E-state index in [1.54, 1.807) is 0 Å². The molecule has 58 heavy (non-hydrogen) atoms. The lowest BCUT2D eigenvalue weighted by Crippen LogP contribution is -2.59. The van der Waals surface area contributed by atoms with Gasteiger partial charge >= 0.3 is 0 Å². The molecule has 2 aromatic carbocycles. The van der Waals surface area contributed by atoms with Crippen LogP contribution in [-0.4, -0.2) is 99.0 Å². The van der Waals surface area contributed by atoms with Crippen molar-refractivity contribution in [2.45, 2.75) is 78.6 Å². The van der Waals surface area contributed by atoms with E-state index in [1.807, 2.05) is 101 Å².